The van der Waals surface area contributed by atoms with Gasteiger partial charge in [0.25, 0.3) is 0 Å². The molecule has 2 aromatic rings. The molecule has 1 saturated carbocycles. The Morgan fingerprint density at radius 2 is 1.93 bits per heavy atom. The zero-order valence-corrected chi connectivity index (χ0v) is 17.7. The van der Waals surface area contributed by atoms with Crippen molar-refractivity contribution < 1.29 is 9.59 Å². The lowest BCUT2D eigenvalue weighted by atomic mass is 10.1. The van der Waals surface area contributed by atoms with Gasteiger partial charge in [-0.25, -0.2) is 4.79 Å². The average Bonchev–Trinajstić information content (AvgIpc) is 3.34. The number of hydrogen-bond donors (Lipinski definition) is 3. The maximum atomic E-state index is 12.2. The van der Waals surface area contributed by atoms with Crippen molar-refractivity contribution in [2.75, 3.05) is 5.32 Å². The third kappa shape index (κ3) is 5.93. The Labute approximate surface area is 173 Å². The maximum Gasteiger partial charge on any atom is 0.321 e. The Balaban J connectivity index is 1.47. The van der Waals surface area contributed by atoms with E-state index in [2.05, 4.69) is 45.2 Å². The molecule has 1 fully saturated rings. The lowest BCUT2D eigenvalue weighted by Crippen LogP contribution is -2.45. The molecule has 9 heteroatoms. The van der Waals surface area contributed by atoms with Crippen molar-refractivity contribution in [1.29, 1.82) is 0 Å². The van der Waals surface area contributed by atoms with Gasteiger partial charge in [-0.1, -0.05) is 55.0 Å². The van der Waals surface area contributed by atoms with Gasteiger partial charge in [0.05, 0.1) is 5.25 Å². The lowest BCUT2D eigenvalue weighted by Gasteiger charge is -2.14. The quantitative estimate of drug-likeness (QED) is 0.585. The van der Waals surface area contributed by atoms with E-state index < -0.39 is 11.3 Å². The summed E-state index contributed by atoms with van der Waals surface area (Å²) in [5.41, 5.74) is 2.22. The Bertz CT molecular complexity index is 803. The van der Waals surface area contributed by atoms with E-state index >= 15 is 0 Å². The van der Waals surface area contributed by atoms with Crippen LogP contribution in [0, 0.1) is 0 Å². The van der Waals surface area contributed by atoms with Gasteiger partial charge >= 0.3 is 6.03 Å². The van der Waals surface area contributed by atoms with Gasteiger partial charge in [-0.2, -0.15) is 0 Å². The number of rotatable bonds is 7. The Morgan fingerprint density at radius 1 is 1.21 bits per heavy atom. The number of nitrogens with zero attached hydrogens (tertiary/aromatic N) is 2. The molecule has 1 aromatic carbocycles. The highest BCUT2D eigenvalue weighted by molar-refractivity contribution is 8.02. The van der Waals surface area contributed by atoms with Crippen LogP contribution in [0.5, 0.6) is 0 Å². The summed E-state index contributed by atoms with van der Waals surface area (Å²) in [5, 5.41) is 16.9. The first-order valence-electron chi connectivity index (χ1n) is 9.51. The number of urea groups is 1. The zero-order chi connectivity index (χ0) is 19.9. The summed E-state index contributed by atoms with van der Waals surface area (Å²) >= 11 is 2.66. The van der Waals surface area contributed by atoms with Gasteiger partial charge in [-0.3, -0.25) is 10.1 Å². The molecule has 28 heavy (non-hydrogen) atoms. The third-order valence-corrected chi connectivity index (χ3v) is 6.62. The minimum Gasteiger partial charge on any atom is -0.335 e. The first-order chi connectivity index (χ1) is 13.5. The number of carbonyl (C=O) groups excluding carboxylic acids is 2. The van der Waals surface area contributed by atoms with Gasteiger partial charge in [0.2, 0.25) is 11.0 Å². The number of aryl methyl sites for hydroxylation is 1. The predicted molar refractivity (Wildman–Crippen MR) is 113 cm³/mol. The van der Waals surface area contributed by atoms with Gasteiger partial charge in [0.1, 0.15) is 0 Å². The van der Waals surface area contributed by atoms with Crippen molar-refractivity contribution in [3.63, 3.8) is 0 Å². The van der Waals surface area contributed by atoms with Crippen LogP contribution in [0.2, 0.25) is 0 Å². The van der Waals surface area contributed by atoms with E-state index in [1.165, 1.54) is 28.7 Å². The molecule has 0 saturated heterocycles. The van der Waals surface area contributed by atoms with Crippen LogP contribution >= 0.6 is 23.1 Å². The molecule has 0 bridgehead atoms. The highest BCUT2D eigenvalue weighted by Gasteiger charge is 2.22. The Morgan fingerprint density at radius 3 is 2.61 bits per heavy atom. The Kier molecular flexibility index (Phi) is 7.27. The van der Waals surface area contributed by atoms with Gasteiger partial charge in [-0.15, -0.1) is 10.2 Å². The second-order valence-electron chi connectivity index (χ2n) is 6.75. The van der Waals surface area contributed by atoms with Crippen molar-refractivity contribution in [1.82, 2.24) is 20.8 Å². The molecule has 1 aliphatic rings. The number of anilines is 2. The molecule has 150 valence electrons. The number of imide groups is 1. The topological polar surface area (TPSA) is 96.0 Å². The fourth-order valence-corrected chi connectivity index (χ4v) is 4.88. The molecule has 1 heterocycles. The van der Waals surface area contributed by atoms with E-state index in [9.17, 15) is 9.59 Å². The predicted octanol–water partition coefficient (Wildman–Crippen LogP) is 4.09. The van der Waals surface area contributed by atoms with Crippen LogP contribution in [0.3, 0.4) is 0 Å². The summed E-state index contributed by atoms with van der Waals surface area (Å²) in [6.45, 7) is 3.87. The monoisotopic (exact) mass is 419 g/mol. The summed E-state index contributed by atoms with van der Waals surface area (Å²) in [5.74, 6) is -0.333. The van der Waals surface area contributed by atoms with Gasteiger partial charge < -0.3 is 10.6 Å². The standard InChI is InChI=1S/C19H25N5O2S2/c1-3-13-8-10-15(11-9-13)21-18-23-24-19(28-18)27-12(2)16(25)22-17(26)20-14-6-4-5-7-14/h8-12,14H,3-7H2,1-2H3,(H,21,23)(H2,20,22,25,26)/t12-/m1/s1. The molecular weight excluding hydrogens is 394 g/mol. The number of carbonyl (C=O) groups is 2. The van der Waals surface area contributed by atoms with Crippen LogP contribution in [0.4, 0.5) is 15.6 Å². The maximum absolute atomic E-state index is 12.2. The molecule has 0 unspecified atom stereocenters. The second-order valence-corrected chi connectivity index (χ2v) is 9.32. The van der Waals surface area contributed by atoms with Crippen LogP contribution in [0.25, 0.3) is 0 Å². The molecule has 3 N–H and O–H groups in total. The second kappa shape index (κ2) is 9.88. The van der Waals surface area contributed by atoms with Gasteiger partial charge in [0.15, 0.2) is 4.34 Å². The molecular formula is C19H25N5O2S2. The van der Waals surface area contributed by atoms with Crippen LogP contribution in [-0.2, 0) is 11.2 Å². The molecule has 1 atom stereocenters. The van der Waals surface area contributed by atoms with Gasteiger partial charge in [0, 0.05) is 11.7 Å². The number of thioether (sulfide) groups is 1. The number of hydrogen-bond acceptors (Lipinski definition) is 7. The van der Waals surface area contributed by atoms with Crippen molar-refractivity contribution in [2.24, 2.45) is 0 Å². The SMILES string of the molecule is CCc1ccc(Nc2nnc(S[C@H](C)C(=O)NC(=O)NC3CCCC3)s2)cc1. The van der Waals surface area contributed by atoms with E-state index in [-0.39, 0.29) is 11.9 Å². The van der Waals surface area contributed by atoms with E-state index in [0.29, 0.717) is 9.47 Å². The first-order valence-corrected chi connectivity index (χ1v) is 11.2. The molecule has 0 spiro atoms. The normalized spacial score (nSPS) is 15.2. The number of nitrogens with one attached hydrogen (secondary N) is 3. The number of amides is 3. The van der Waals surface area contributed by atoms with Crippen LogP contribution in [0.1, 0.15) is 45.1 Å². The average molecular weight is 420 g/mol. The molecule has 1 aromatic heterocycles. The minimum atomic E-state index is -0.445. The molecule has 3 rings (SSSR count). The fourth-order valence-electron chi connectivity index (χ4n) is 2.97. The molecule has 3 amide bonds. The summed E-state index contributed by atoms with van der Waals surface area (Å²) in [6, 6.07) is 7.92. The zero-order valence-electron chi connectivity index (χ0n) is 16.0. The molecule has 1 aliphatic carbocycles. The first kappa shape index (κ1) is 20.6. The molecule has 0 aliphatic heterocycles. The van der Waals surface area contributed by atoms with E-state index in [4.69, 9.17) is 0 Å². The molecule has 7 nitrogen and oxygen atoms in total. The van der Waals surface area contributed by atoms with Crippen molar-refractivity contribution in [3.05, 3.63) is 29.8 Å². The van der Waals surface area contributed by atoms with Crippen molar-refractivity contribution in [2.45, 2.75) is 61.6 Å². The third-order valence-electron chi connectivity index (χ3n) is 4.59. The summed E-state index contributed by atoms with van der Waals surface area (Å²) in [4.78, 5) is 24.2. The minimum absolute atomic E-state index is 0.180. The lowest BCUT2D eigenvalue weighted by molar-refractivity contribution is -0.119. The highest BCUT2D eigenvalue weighted by Crippen LogP contribution is 2.30. The van der Waals surface area contributed by atoms with Gasteiger partial charge in [-0.05, 0) is 43.9 Å². The smallest absolute Gasteiger partial charge is 0.321 e. The van der Waals surface area contributed by atoms with E-state index in [0.717, 1.165) is 37.8 Å². The summed E-state index contributed by atoms with van der Waals surface area (Å²) < 4.78 is 0.673. The number of benzene rings is 1. The number of aromatic nitrogens is 2. The Hall–Kier alpha value is -2.13. The van der Waals surface area contributed by atoms with Crippen LogP contribution in [0.15, 0.2) is 28.6 Å². The summed E-state index contributed by atoms with van der Waals surface area (Å²) in [7, 11) is 0. The van der Waals surface area contributed by atoms with E-state index in [1.807, 2.05) is 12.1 Å². The highest BCUT2D eigenvalue weighted by atomic mass is 32.2. The summed E-state index contributed by atoms with van der Waals surface area (Å²) in [6.07, 6.45) is 5.21. The van der Waals surface area contributed by atoms with E-state index in [1.54, 1.807) is 6.92 Å². The van der Waals surface area contributed by atoms with Crippen molar-refractivity contribution in [3.8, 4) is 0 Å². The largest absolute Gasteiger partial charge is 0.335 e. The fraction of sp³-hybridized carbons (Fsp3) is 0.474. The van der Waals surface area contributed by atoms with Crippen LogP contribution in [-0.4, -0.2) is 33.4 Å². The van der Waals surface area contributed by atoms with Crippen molar-refractivity contribution >= 4 is 45.9 Å². The van der Waals surface area contributed by atoms with Crippen LogP contribution < -0.4 is 16.0 Å². The molecule has 0 radical (unpaired) electrons.